The standard InChI is InChI=1S/C16H15ClN2O/c17-15-13(6-3-7-14(15)18)16(20)19-12-8-10-4-1-2-5-11(10)9-12/h1-7,12H,8-9,18H2,(H,19,20). The van der Waals surface area contributed by atoms with Crippen molar-refractivity contribution in [2.75, 3.05) is 5.73 Å². The molecule has 102 valence electrons. The summed E-state index contributed by atoms with van der Waals surface area (Å²) in [5, 5.41) is 3.35. The van der Waals surface area contributed by atoms with Crippen LogP contribution in [0, 0.1) is 0 Å². The van der Waals surface area contributed by atoms with Gasteiger partial charge < -0.3 is 11.1 Å². The fourth-order valence-corrected chi connectivity index (χ4v) is 2.86. The molecule has 1 aliphatic carbocycles. The van der Waals surface area contributed by atoms with Crippen molar-refractivity contribution in [3.05, 3.63) is 64.2 Å². The highest BCUT2D eigenvalue weighted by Crippen LogP contribution is 2.25. The Labute approximate surface area is 122 Å². The molecule has 0 spiro atoms. The van der Waals surface area contributed by atoms with Crippen LogP contribution in [-0.4, -0.2) is 11.9 Å². The molecule has 4 heteroatoms. The summed E-state index contributed by atoms with van der Waals surface area (Å²) >= 11 is 6.08. The van der Waals surface area contributed by atoms with E-state index in [0.29, 0.717) is 16.3 Å². The Morgan fingerprint density at radius 2 is 1.75 bits per heavy atom. The van der Waals surface area contributed by atoms with Gasteiger partial charge in [-0.1, -0.05) is 41.9 Å². The van der Waals surface area contributed by atoms with Gasteiger partial charge in [0.1, 0.15) is 0 Å². The topological polar surface area (TPSA) is 55.1 Å². The van der Waals surface area contributed by atoms with Crippen molar-refractivity contribution in [2.45, 2.75) is 18.9 Å². The van der Waals surface area contributed by atoms with Crippen LogP contribution in [-0.2, 0) is 12.8 Å². The minimum atomic E-state index is -0.167. The van der Waals surface area contributed by atoms with Crippen LogP contribution in [0.4, 0.5) is 5.69 Å². The van der Waals surface area contributed by atoms with Gasteiger partial charge in [-0.15, -0.1) is 0 Å². The molecule has 0 aromatic heterocycles. The highest BCUT2D eigenvalue weighted by Gasteiger charge is 2.23. The summed E-state index contributed by atoms with van der Waals surface area (Å²) in [4.78, 5) is 12.3. The van der Waals surface area contributed by atoms with Crippen LogP contribution in [0.15, 0.2) is 42.5 Å². The van der Waals surface area contributed by atoms with Crippen LogP contribution < -0.4 is 11.1 Å². The summed E-state index contributed by atoms with van der Waals surface area (Å²) in [5.41, 5.74) is 9.19. The second kappa shape index (κ2) is 5.17. The lowest BCUT2D eigenvalue weighted by atomic mass is 10.1. The van der Waals surface area contributed by atoms with Gasteiger partial charge in [-0.25, -0.2) is 0 Å². The molecule has 0 heterocycles. The molecule has 0 fully saturated rings. The number of halogens is 1. The molecule has 1 amide bonds. The van der Waals surface area contributed by atoms with E-state index in [2.05, 4.69) is 17.4 Å². The first-order valence-corrected chi connectivity index (χ1v) is 6.94. The maximum atomic E-state index is 12.3. The van der Waals surface area contributed by atoms with E-state index < -0.39 is 0 Å². The smallest absolute Gasteiger partial charge is 0.253 e. The molecule has 0 bridgehead atoms. The van der Waals surface area contributed by atoms with Gasteiger partial charge in [0.05, 0.1) is 16.3 Å². The SMILES string of the molecule is Nc1cccc(C(=O)NC2Cc3ccccc3C2)c1Cl. The average Bonchev–Trinajstić information content (AvgIpc) is 2.83. The lowest BCUT2D eigenvalue weighted by Crippen LogP contribution is -2.35. The number of rotatable bonds is 2. The third-order valence-electron chi connectivity index (χ3n) is 3.66. The Bertz CT molecular complexity index is 644. The first-order valence-electron chi connectivity index (χ1n) is 6.57. The average molecular weight is 287 g/mol. The molecule has 0 saturated heterocycles. The summed E-state index contributed by atoms with van der Waals surface area (Å²) in [6, 6.07) is 13.5. The second-order valence-electron chi connectivity index (χ2n) is 5.06. The summed E-state index contributed by atoms with van der Waals surface area (Å²) in [6.07, 6.45) is 1.73. The molecular weight excluding hydrogens is 272 g/mol. The lowest BCUT2D eigenvalue weighted by molar-refractivity contribution is 0.0939. The van der Waals surface area contributed by atoms with Gasteiger partial charge in [0.15, 0.2) is 0 Å². The van der Waals surface area contributed by atoms with Crippen molar-refractivity contribution in [3.8, 4) is 0 Å². The van der Waals surface area contributed by atoms with Crippen LogP contribution in [0.1, 0.15) is 21.5 Å². The zero-order valence-corrected chi connectivity index (χ0v) is 11.7. The normalized spacial score (nSPS) is 14.1. The van der Waals surface area contributed by atoms with E-state index in [-0.39, 0.29) is 11.9 Å². The number of carbonyl (C=O) groups excluding carboxylic acids is 1. The van der Waals surface area contributed by atoms with Crippen molar-refractivity contribution < 1.29 is 4.79 Å². The van der Waals surface area contributed by atoms with Gasteiger partial charge in [-0.2, -0.15) is 0 Å². The number of carbonyl (C=O) groups is 1. The van der Waals surface area contributed by atoms with Gasteiger partial charge in [0.25, 0.3) is 5.91 Å². The highest BCUT2D eigenvalue weighted by molar-refractivity contribution is 6.36. The number of hydrogen-bond acceptors (Lipinski definition) is 2. The van der Waals surface area contributed by atoms with Gasteiger partial charge in [-0.05, 0) is 36.1 Å². The zero-order chi connectivity index (χ0) is 14.1. The van der Waals surface area contributed by atoms with E-state index in [1.807, 2.05) is 12.1 Å². The molecule has 2 aromatic carbocycles. The summed E-state index contributed by atoms with van der Waals surface area (Å²) in [7, 11) is 0. The fourth-order valence-electron chi connectivity index (χ4n) is 2.65. The van der Waals surface area contributed by atoms with Crippen molar-refractivity contribution in [2.24, 2.45) is 0 Å². The van der Waals surface area contributed by atoms with Crippen LogP contribution in [0.5, 0.6) is 0 Å². The Morgan fingerprint density at radius 1 is 1.10 bits per heavy atom. The first kappa shape index (κ1) is 13.0. The maximum absolute atomic E-state index is 12.3. The molecule has 0 aliphatic heterocycles. The molecule has 3 rings (SSSR count). The van der Waals surface area contributed by atoms with Crippen molar-refractivity contribution in [1.29, 1.82) is 0 Å². The van der Waals surface area contributed by atoms with E-state index in [0.717, 1.165) is 12.8 Å². The van der Waals surface area contributed by atoms with Crippen molar-refractivity contribution >= 4 is 23.2 Å². The van der Waals surface area contributed by atoms with Crippen molar-refractivity contribution in [3.63, 3.8) is 0 Å². The highest BCUT2D eigenvalue weighted by atomic mass is 35.5. The van der Waals surface area contributed by atoms with E-state index >= 15 is 0 Å². The Morgan fingerprint density at radius 3 is 2.40 bits per heavy atom. The Kier molecular flexibility index (Phi) is 3.36. The predicted molar refractivity (Wildman–Crippen MR) is 81.0 cm³/mol. The molecule has 1 aliphatic rings. The minimum absolute atomic E-state index is 0.123. The van der Waals surface area contributed by atoms with Gasteiger partial charge in [0, 0.05) is 6.04 Å². The number of anilines is 1. The Hall–Kier alpha value is -2.00. The molecular formula is C16H15ClN2O. The number of nitrogen functional groups attached to an aromatic ring is 1. The van der Waals surface area contributed by atoms with E-state index in [1.54, 1.807) is 18.2 Å². The number of benzene rings is 2. The van der Waals surface area contributed by atoms with Gasteiger partial charge in [-0.3, -0.25) is 4.79 Å². The van der Waals surface area contributed by atoms with Crippen molar-refractivity contribution in [1.82, 2.24) is 5.32 Å². The third-order valence-corrected chi connectivity index (χ3v) is 4.08. The van der Waals surface area contributed by atoms with E-state index in [4.69, 9.17) is 17.3 Å². The number of fused-ring (bicyclic) bond motifs is 1. The summed E-state index contributed by atoms with van der Waals surface area (Å²) in [5.74, 6) is -0.167. The van der Waals surface area contributed by atoms with E-state index in [9.17, 15) is 4.79 Å². The Balaban J connectivity index is 1.74. The van der Waals surface area contributed by atoms with Gasteiger partial charge >= 0.3 is 0 Å². The van der Waals surface area contributed by atoms with Crippen LogP contribution in [0.2, 0.25) is 5.02 Å². The van der Waals surface area contributed by atoms with E-state index in [1.165, 1.54) is 11.1 Å². The van der Waals surface area contributed by atoms with Crippen LogP contribution in [0.25, 0.3) is 0 Å². The van der Waals surface area contributed by atoms with Crippen LogP contribution in [0.3, 0.4) is 0 Å². The molecule has 3 nitrogen and oxygen atoms in total. The van der Waals surface area contributed by atoms with Gasteiger partial charge in [0.2, 0.25) is 0 Å². The monoisotopic (exact) mass is 286 g/mol. The quantitative estimate of drug-likeness (QED) is 0.834. The largest absolute Gasteiger partial charge is 0.398 e. The zero-order valence-electron chi connectivity index (χ0n) is 10.9. The summed E-state index contributed by atoms with van der Waals surface area (Å²) < 4.78 is 0. The minimum Gasteiger partial charge on any atom is -0.398 e. The lowest BCUT2D eigenvalue weighted by Gasteiger charge is -2.13. The number of hydrogen-bond donors (Lipinski definition) is 2. The molecule has 2 aromatic rings. The number of nitrogens with two attached hydrogens (primary N) is 1. The van der Waals surface area contributed by atoms with Crippen LogP contribution >= 0.6 is 11.6 Å². The molecule has 0 unspecified atom stereocenters. The fraction of sp³-hybridized carbons (Fsp3) is 0.188. The first-order chi connectivity index (χ1) is 9.65. The molecule has 0 radical (unpaired) electrons. The maximum Gasteiger partial charge on any atom is 0.253 e. The summed E-state index contributed by atoms with van der Waals surface area (Å²) in [6.45, 7) is 0. The molecule has 20 heavy (non-hydrogen) atoms. The predicted octanol–water partition coefficient (Wildman–Crippen LogP) is 2.82. The molecule has 3 N–H and O–H groups in total. The third kappa shape index (κ3) is 2.37. The number of amides is 1. The molecule has 0 atom stereocenters. The number of nitrogens with one attached hydrogen (secondary N) is 1. The molecule has 0 saturated carbocycles. The second-order valence-corrected chi connectivity index (χ2v) is 5.43.